The van der Waals surface area contributed by atoms with E-state index in [0.717, 1.165) is 10.1 Å². The number of fused-ring (bicyclic) bond motifs is 1. The molecule has 14 heavy (non-hydrogen) atoms. The topological polar surface area (TPSA) is 26.3 Å². The van der Waals surface area contributed by atoms with Crippen molar-refractivity contribution in [2.45, 2.75) is 0 Å². The molecule has 0 aliphatic rings. The summed E-state index contributed by atoms with van der Waals surface area (Å²) in [7, 11) is 1.37. The molecule has 0 atom stereocenters. The predicted molar refractivity (Wildman–Crippen MR) is 58.2 cm³/mol. The van der Waals surface area contributed by atoms with Crippen LogP contribution in [-0.2, 0) is 4.74 Å². The molecular formula is C10H7ClO2S. The minimum Gasteiger partial charge on any atom is -0.465 e. The second-order valence-corrected chi connectivity index (χ2v) is 4.13. The van der Waals surface area contributed by atoms with Gasteiger partial charge in [0, 0.05) is 20.5 Å². The number of thiophene rings is 1. The summed E-state index contributed by atoms with van der Waals surface area (Å²) in [5.74, 6) is -0.321. The van der Waals surface area contributed by atoms with Crippen LogP contribution in [0.25, 0.3) is 10.1 Å². The Balaban J connectivity index is 2.67. The van der Waals surface area contributed by atoms with Gasteiger partial charge in [-0.05, 0) is 18.2 Å². The zero-order valence-corrected chi connectivity index (χ0v) is 8.98. The summed E-state index contributed by atoms with van der Waals surface area (Å²) in [6.45, 7) is 0. The van der Waals surface area contributed by atoms with Gasteiger partial charge in [-0.2, -0.15) is 0 Å². The van der Waals surface area contributed by atoms with Crippen LogP contribution in [0.3, 0.4) is 0 Å². The molecule has 0 bridgehead atoms. The highest BCUT2D eigenvalue weighted by Gasteiger charge is 2.12. The molecular weight excluding hydrogens is 220 g/mol. The number of carbonyl (C=O) groups is 1. The number of hydrogen-bond acceptors (Lipinski definition) is 3. The van der Waals surface area contributed by atoms with E-state index in [1.54, 1.807) is 17.5 Å². The lowest BCUT2D eigenvalue weighted by Crippen LogP contribution is -1.99. The number of esters is 1. The zero-order valence-electron chi connectivity index (χ0n) is 7.41. The van der Waals surface area contributed by atoms with Crippen LogP contribution in [0.1, 0.15) is 10.4 Å². The van der Waals surface area contributed by atoms with E-state index in [0.29, 0.717) is 10.6 Å². The molecule has 0 aliphatic heterocycles. The van der Waals surface area contributed by atoms with Crippen LogP contribution in [-0.4, -0.2) is 13.1 Å². The van der Waals surface area contributed by atoms with Crippen molar-refractivity contribution in [3.05, 3.63) is 34.2 Å². The number of benzene rings is 1. The molecule has 2 aromatic rings. The maximum absolute atomic E-state index is 11.3. The van der Waals surface area contributed by atoms with Gasteiger partial charge in [-0.3, -0.25) is 0 Å². The maximum atomic E-state index is 11.3. The summed E-state index contributed by atoms with van der Waals surface area (Å²) in [6.07, 6.45) is 0. The Hall–Kier alpha value is -1.06. The van der Waals surface area contributed by atoms with Gasteiger partial charge < -0.3 is 4.74 Å². The summed E-state index contributed by atoms with van der Waals surface area (Å²) in [4.78, 5) is 11.3. The first-order valence-electron chi connectivity index (χ1n) is 3.97. The van der Waals surface area contributed by atoms with E-state index in [-0.39, 0.29) is 5.97 Å². The first kappa shape index (κ1) is 9.49. The monoisotopic (exact) mass is 226 g/mol. The SMILES string of the molecule is COC(=O)c1csc2ccc(Cl)cc12. The highest BCUT2D eigenvalue weighted by atomic mass is 35.5. The van der Waals surface area contributed by atoms with E-state index in [2.05, 4.69) is 4.74 Å². The molecule has 0 fully saturated rings. The van der Waals surface area contributed by atoms with Crippen molar-refractivity contribution in [2.75, 3.05) is 7.11 Å². The quantitative estimate of drug-likeness (QED) is 0.698. The van der Waals surface area contributed by atoms with Crippen LogP contribution in [0, 0.1) is 0 Å². The molecule has 0 N–H and O–H groups in total. The normalized spacial score (nSPS) is 10.4. The second kappa shape index (κ2) is 3.59. The van der Waals surface area contributed by atoms with Crippen molar-refractivity contribution < 1.29 is 9.53 Å². The molecule has 1 aromatic carbocycles. The summed E-state index contributed by atoms with van der Waals surface area (Å²) in [5, 5.41) is 3.27. The van der Waals surface area contributed by atoms with E-state index in [4.69, 9.17) is 11.6 Å². The van der Waals surface area contributed by atoms with Gasteiger partial charge in [0.25, 0.3) is 0 Å². The lowest BCUT2D eigenvalue weighted by atomic mass is 10.2. The zero-order chi connectivity index (χ0) is 10.1. The van der Waals surface area contributed by atoms with Gasteiger partial charge in [0.15, 0.2) is 0 Å². The van der Waals surface area contributed by atoms with Gasteiger partial charge >= 0.3 is 5.97 Å². The molecule has 0 spiro atoms. The minimum atomic E-state index is -0.321. The Morgan fingerprint density at radius 1 is 1.50 bits per heavy atom. The van der Waals surface area contributed by atoms with E-state index in [9.17, 15) is 4.79 Å². The standard InChI is InChI=1S/C10H7ClO2S/c1-13-10(12)8-5-14-9-3-2-6(11)4-7(8)9/h2-5H,1H3. The van der Waals surface area contributed by atoms with Gasteiger partial charge in [-0.15, -0.1) is 11.3 Å². The molecule has 72 valence electrons. The Labute approximate surface area is 90.1 Å². The number of rotatable bonds is 1. The lowest BCUT2D eigenvalue weighted by molar-refractivity contribution is 0.0603. The number of hydrogen-bond donors (Lipinski definition) is 0. The van der Waals surface area contributed by atoms with Gasteiger partial charge in [-0.1, -0.05) is 11.6 Å². The maximum Gasteiger partial charge on any atom is 0.339 e. The second-order valence-electron chi connectivity index (χ2n) is 2.78. The van der Waals surface area contributed by atoms with Gasteiger partial charge in [0.05, 0.1) is 12.7 Å². The van der Waals surface area contributed by atoms with Gasteiger partial charge in [0.2, 0.25) is 0 Å². The molecule has 0 radical (unpaired) electrons. The van der Waals surface area contributed by atoms with Crippen LogP contribution >= 0.6 is 22.9 Å². The third-order valence-corrected chi connectivity index (χ3v) is 3.14. The Morgan fingerprint density at radius 2 is 2.29 bits per heavy atom. The molecule has 0 saturated heterocycles. The average Bonchev–Trinajstić information content (AvgIpc) is 2.59. The average molecular weight is 227 g/mol. The molecule has 0 aliphatic carbocycles. The van der Waals surface area contributed by atoms with Crippen LogP contribution in [0.5, 0.6) is 0 Å². The Bertz CT molecular complexity index is 490. The largest absolute Gasteiger partial charge is 0.465 e. The summed E-state index contributed by atoms with van der Waals surface area (Å²) in [5.41, 5.74) is 0.579. The third kappa shape index (κ3) is 1.49. The molecule has 2 nitrogen and oxygen atoms in total. The summed E-state index contributed by atoms with van der Waals surface area (Å²) >= 11 is 7.35. The van der Waals surface area contributed by atoms with Crippen molar-refractivity contribution in [1.82, 2.24) is 0 Å². The van der Waals surface area contributed by atoms with E-state index < -0.39 is 0 Å². The van der Waals surface area contributed by atoms with Crippen molar-refractivity contribution in [1.29, 1.82) is 0 Å². The smallest absolute Gasteiger partial charge is 0.339 e. The highest BCUT2D eigenvalue weighted by Crippen LogP contribution is 2.28. The first-order valence-corrected chi connectivity index (χ1v) is 5.23. The summed E-state index contributed by atoms with van der Waals surface area (Å²) < 4.78 is 5.70. The van der Waals surface area contributed by atoms with Gasteiger partial charge in [0.1, 0.15) is 0 Å². The number of methoxy groups -OCH3 is 1. The van der Waals surface area contributed by atoms with Crippen molar-refractivity contribution in [3.63, 3.8) is 0 Å². The molecule has 0 unspecified atom stereocenters. The van der Waals surface area contributed by atoms with Crippen molar-refractivity contribution in [3.8, 4) is 0 Å². The molecule has 4 heteroatoms. The predicted octanol–water partition coefficient (Wildman–Crippen LogP) is 3.34. The fourth-order valence-electron chi connectivity index (χ4n) is 1.27. The first-order chi connectivity index (χ1) is 6.72. The van der Waals surface area contributed by atoms with Crippen LogP contribution in [0.15, 0.2) is 23.6 Å². The Morgan fingerprint density at radius 3 is 3.00 bits per heavy atom. The van der Waals surface area contributed by atoms with Crippen LogP contribution in [0.4, 0.5) is 0 Å². The molecule has 1 aromatic heterocycles. The lowest BCUT2D eigenvalue weighted by Gasteiger charge is -1.96. The molecule has 2 rings (SSSR count). The van der Waals surface area contributed by atoms with E-state index in [1.165, 1.54) is 18.4 Å². The van der Waals surface area contributed by atoms with Crippen LogP contribution in [0.2, 0.25) is 5.02 Å². The number of halogens is 1. The molecule has 0 amide bonds. The summed E-state index contributed by atoms with van der Waals surface area (Å²) in [6, 6.07) is 5.48. The van der Waals surface area contributed by atoms with Crippen molar-refractivity contribution >= 4 is 39.0 Å². The van der Waals surface area contributed by atoms with Crippen molar-refractivity contribution in [2.24, 2.45) is 0 Å². The fourth-order valence-corrected chi connectivity index (χ4v) is 2.35. The minimum absolute atomic E-state index is 0.321. The molecule has 0 saturated carbocycles. The third-order valence-electron chi connectivity index (χ3n) is 1.94. The number of ether oxygens (including phenoxy) is 1. The molecule has 1 heterocycles. The van der Waals surface area contributed by atoms with E-state index >= 15 is 0 Å². The Kier molecular flexibility index (Phi) is 2.44. The fraction of sp³-hybridized carbons (Fsp3) is 0.100. The van der Waals surface area contributed by atoms with Crippen LogP contribution < -0.4 is 0 Å². The van der Waals surface area contributed by atoms with E-state index in [1.807, 2.05) is 6.07 Å². The number of carbonyl (C=O) groups excluding carboxylic acids is 1. The van der Waals surface area contributed by atoms with Gasteiger partial charge in [-0.25, -0.2) is 4.79 Å². The highest BCUT2D eigenvalue weighted by molar-refractivity contribution is 7.17.